The number of carbonyl (C=O) groups is 1. The van der Waals surface area contributed by atoms with Crippen LogP contribution in [0.3, 0.4) is 0 Å². The van der Waals surface area contributed by atoms with E-state index in [1.807, 2.05) is 60.0 Å². The number of hydrogen-bond donors (Lipinski definition) is 1. The van der Waals surface area contributed by atoms with Crippen molar-refractivity contribution in [1.29, 1.82) is 0 Å². The van der Waals surface area contributed by atoms with Gasteiger partial charge in [0, 0.05) is 16.9 Å². The maximum Gasteiger partial charge on any atom is 0.244 e. The van der Waals surface area contributed by atoms with Crippen LogP contribution in [0.5, 0.6) is 0 Å². The summed E-state index contributed by atoms with van der Waals surface area (Å²) >= 11 is 7.92. The Bertz CT molecular complexity index is 1320. The van der Waals surface area contributed by atoms with Crippen molar-refractivity contribution >= 4 is 35.3 Å². The third-order valence-electron chi connectivity index (χ3n) is 5.21. The third kappa shape index (κ3) is 6.16. The topological polar surface area (TPSA) is 59.8 Å². The molecule has 1 aromatic heterocycles. The summed E-state index contributed by atoms with van der Waals surface area (Å²) in [4.78, 5) is 12.4. The number of aromatic nitrogens is 3. The fourth-order valence-corrected chi connectivity index (χ4v) is 4.56. The molecule has 34 heavy (non-hydrogen) atoms. The molecule has 0 unspecified atom stereocenters. The molecule has 3 aromatic carbocycles. The van der Waals surface area contributed by atoms with Gasteiger partial charge in [0.25, 0.3) is 0 Å². The van der Waals surface area contributed by atoms with E-state index >= 15 is 0 Å². The van der Waals surface area contributed by atoms with E-state index in [4.69, 9.17) is 11.6 Å². The minimum Gasteiger partial charge on any atom is -0.345 e. The monoisotopic (exact) mass is 488 g/mol. The molecule has 7 heteroatoms. The van der Waals surface area contributed by atoms with E-state index < -0.39 is 0 Å². The van der Waals surface area contributed by atoms with Crippen molar-refractivity contribution in [2.45, 2.75) is 31.3 Å². The molecule has 5 nitrogen and oxygen atoms in total. The predicted octanol–water partition coefficient (Wildman–Crippen LogP) is 6.16. The lowest BCUT2D eigenvalue weighted by molar-refractivity contribution is -0.116. The minimum absolute atomic E-state index is 0.199. The SMILES string of the molecule is Cc1cccc(CSc2nnc(CNC(=O)C=Cc3ccccc3)n2-c2cc(Cl)ccc2C)c1. The van der Waals surface area contributed by atoms with E-state index in [-0.39, 0.29) is 12.5 Å². The standard InChI is InChI=1S/C27H25ClN4OS/c1-19-7-6-10-22(15-19)18-34-27-31-30-25(32(27)24-16-23(28)13-11-20(24)2)17-29-26(33)14-12-21-8-4-3-5-9-21/h3-16H,17-18H2,1-2H3,(H,29,33). The van der Waals surface area contributed by atoms with Crippen molar-refractivity contribution in [1.82, 2.24) is 20.1 Å². The van der Waals surface area contributed by atoms with Crippen molar-refractivity contribution in [3.63, 3.8) is 0 Å². The normalized spacial score (nSPS) is 11.1. The van der Waals surface area contributed by atoms with Gasteiger partial charge in [-0.25, -0.2) is 0 Å². The molecule has 0 aliphatic heterocycles. The average molecular weight is 489 g/mol. The molecule has 0 saturated heterocycles. The number of rotatable bonds is 8. The van der Waals surface area contributed by atoms with E-state index in [9.17, 15) is 4.79 Å². The summed E-state index contributed by atoms with van der Waals surface area (Å²) in [5, 5.41) is 13.1. The van der Waals surface area contributed by atoms with Crippen LogP contribution in [-0.4, -0.2) is 20.7 Å². The Morgan fingerprint density at radius 2 is 1.85 bits per heavy atom. The lowest BCUT2D eigenvalue weighted by atomic mass is 10.2. The van der Waals surface area contributed by atoms with Gasteiger partial charge in [-0.15, -0.1) is 10.2 Å². The van der Waals surface area contributed by atoms with Gasteiger partial charge in [-0.1, -0.05) is 89.6 Å². The molecule has 1 heterocycles. The number of carbonyl (C=O) groups excluding carboxylic acids is 1. The molecule has 0 fully saturated rings. The Kier molecular flexibility index (Phi) is 7.83. The lowest BCUT2D eigenvalue weighted by Crippen LogP contribution is -2.22. The van der Waals surface area contributed by atoms with Crippen molar-refractivity contribution in [2.24, 2.45) is 0 Å². The van der Waals surface area contributed by atoms with Crippen molar-refractivity contribution < 1.29 is 4.79 Å². The number of hydrogen-bond acceptors (Lipinski definition) is 4. The highest BCUT2D eigenvalue weighted by atomic mass is 35.5. The second-order valence-corrected chi connectivity index (χ2v) is 9.28. The third-order valence-corrected chi connectivity index (χ3v) is 6.45. The van der Waals surface area contributed by atoms with Crippen LogP contribution in [0.2, 0.25) is 5.02 Å². The molecule has 0 atom stereocenters. The number of nitrogens with one attached hydrogen (secondary N) is 1. The zero-order valence-electron chi connectivity index (χ0n) is 19.0. The van der Waals surface area contributed by atoms with Crippen LogP contribution in [0.1, 0.15) is 28.1 Å². The molecule has 1 amide bonds. The number of thioether (sulfide) groups is 1. The fraction of sp³-hybridized carbons (Fsp3) is 0.148. The maximum atomic E-state index is 12.4. The summed E-state index contributed by atoms with van der Waals surface area (Å²) in [5.41, 5.74) is 5.33. The summed E-state index contributed by atoms with van der Waals surface area (Å²) in [7, 11) is 0. The van der Waals surface area contributed by atoms with Gasteiger partial charge in [-0.2, -0.15) is 0 Å². The van der Waals surface area contributed by atoms with Gasteiger partial charge in [-0.3, -0.25) is 9.36 Å². The predicted molar refractivity (Wildman–Crippen MR) is 139 cm³/mol. The minimum atomic E-state index is -0.199. The summed E-state index contributed by atoms with van der Waals surface area (Å²) < 4.78 is 1.98. The van der Waals surface area contributed by atoms with Crippen molar-refractivity contribution in [3.05, 3.63) is 112 Å². The number of amides is 1. The first-order valence-electron chi connectivity index (χ1n) is 10.9. The zero-order chi connectivity index (χ0) is 23.9. The fourth-order valence-electron chi connectivity index (χ4n) is 3.48. The van der Waals surface area contributed by atoms with Crippen LogP contribution < -0.4 is 5.32 Å². The van der Waals surface area contributed by atoms with Crippen LogP contribution >= 0.6 is 23.4 Å². The molecule has 1 N–H and O–H groups in total. The van der Waals surface area contributed by atoms with Gasteiger partial charge in [0.15, 0.2) is 11.0 Å². The van der Waals surface area contributed by atoms with E-state index in [0.29, 0.717) is 10.8 Å². The van der Waals surface area contributed by atoms with Crippen LogP contribution in [0, 0.1) is 13.8 Å². The molecule has 0 aliphatic carbocycles. The van der Waals surface area contributed by atoms with E-state index in [1.54, 1.807) is 17.8 Å². The maximum absolute atomic E-state index is 12.4. The van der Waals surface area contributed by atoms with Gasteiger partial charge in [0.05, 0.1) is 12.2 Å². The van der Waals surface area contributed by atoms with Crippen LogP contribution in [0.15, 0.2) is 84.0 Å². The number of benzene rings is 3. The highest BCUT2D eigenvalue weighted by Crippen LogP contribution is 2.28. The molecule has 4 aromatic rings. The second-order valence-electron chi connectivity index (χ2n) is 7.90. The highest BCUT2D eigenvalue weighted by molar-refractivity contribution is 7.98. The van der Waals surface area contributed by atoms with Gasteiger partial charge in [-0.05, 0) is 48.7 Å². The van der Waals surface area contributed by atoms with Crippen molar-refractivity contribution in [2.75, 3.05) is 0 Å². The van der Waals surface area contributed by atoms with Gasteiger partial charge >= 0.3 is 0 Å². The van der Waals surface area contributed by atoms with E-state index in [2.05, 4.69) is 46.7 Å². The van der Waals surface area contributed by atoms with Gasteiger partial charge in [0.1, 0.15) is 0 Å². The quantitative estimate of drug-likeness (QED) is 0.238. The molecular weight excluding hydrogens is 464 g/mol. The zero-order valence-corrected chi connectivity index (χ0v) is 20.6. The summed E-state index contributed by atoms with van der Waals surface area (Å²) in [6, 6.07) is 23.8. The molecule has 0 saturated carbocycles. The number of halogens is 1. The lowest BCUT2D eigenvalue weighted by Gasteiger charge is -2.13. The second kappa shape index (κ2) is 11.2. The van der Waals surface area contributed by atoms with Crippen LogP contribution in [-0.2, 0) is 17.1 Å². The molecule has 0 spiro atoms. The first-order chi connectivity index (χ1) is 16.5. The van der Waals surface area contributed by atoms with Crippen LogP contribution in [0.25, 0.3) is 11.8 Å². The summed E-state index contributed by atoms with van der Waals surface area (Å²) in [6.45, 7) is 4.34. The van der Waals surface area contributed by atoms with Gasteiger partial charge < -0.3 is 5.32 Å². The summed E-state index contributed by atoms with van der Waals surface area (Å²) in [5.74, 6) is 1.19. The Morgan fingerprint density at radius 1 is 1.03 bits per heavy atom. The number of aryl methyl sites for hydroxylation is 2. The first kappa shape index (κ1) is 23.8. The Labute approximate surface area is 208 Å². The van der Waals surface area contributed by atoms with Crippen LogP contribution in [0.4, 0.5) is 0 Å². The Hall–Kier alpha value is -3.35. The molecule has 0 bridgehead atoms. The van der Waals surface area contributed by atoms with E-state index in [1.165, 1.54) is 17.2 Å². The molecular formula is C27H25ClN4OS. The van der Waals surface area contributed by atoms with Gasteiger partial charge in [0.2, 0.25) is 5.91 Å². The molecule has 4 rings (SSSR count). The Balaban J connectivity index is 1.56. The molecule has 0 radical (unpaired) electrons. The first-order valence-corrected chi connectivity index (χ1v) is 12.3. The highest BCUT2D eigenvalue weighted by Gasteiger charge is 2.17. The smallest absolute Gasteiger partial charge is 0.244 e. The summed E-state index contributed by atoms with van der Waals surface area (Å²) in [6.07, 6.45) is 3.30. The molecule has 172 valence electrons. The van der Waals surface area contributed by atoms with E-state index in [0.717, 1.165) is 27.7 Å². The largest absolute Gasteiger partial charge is 0.345 e. The number of nitrogens with zero attached hydrogens (tertiary/aromatic N) is 3. The Morgan fingerprint density at radius 3 is 2.65 bits per heavy atom. The average Bonchev–Trinajstić information content (AvgIpc) is 3.25. The molecule has 0 aliphatic rings. The van der Waals surface area contributed by atoms with Crippen molar-refractivity contribution in [3.8, 4) is 5.69 Å².